The summed E-state index contributed by atoms with van der Waals surface area (Å²) in [5, 5.41) is 0. The number of hydrogen-bond acceptors (Lipinski definition) is 4. The molecule has 0 saturated heterocycles. The first-order valence-corrected chi connectivity index (χ1v) is 4.03. The van der Waals surface area contributed by atoms with Gasteiger partial charge in [-0.05, 0) is 6.07 Å². The van der Waals surface area contributed by atoms with Crippen LogP contribution in [0.1, 0.15) is 11.7 Å². The van der Waals surface area contributed by atoms with Crippen LogP contribution in [0, 0.1) is 0 Å². The summed E-state index contributed by atoms with van der Waals surface area (Å²) in [4.78, 5) is 4.18. The zero-order chi connectivity index (χ0) is 9.68. The van der Waals surface area contributed by atoms with Crippen LogP contribution < -0.4 is 10.5 Å². The lowest BCUT2D eigenvalue weighted by molar-refractivity contribution is 0.179. The first-order chi connectivity index (χ1) is 6.27. The highest BCUT2D eigenvalue weighted by Gasteiger charge is 2.07. The number of ether oxygens (including phenoxy) is 2. The monoisotopic (exact) mass is 182 g/mol. The fourth-order valence-corrected chi connectivity index (χ4v) is 1.02. The van der Waals surface area contributed by atoms with Gasteiger partial charge in [-0.2, -0.15) is 0 Å². The van der Waals surface area contributed by atoms with Crippen LogP contribution in [-0.4, -0.2) is 25.8 Å². The highest BCUT2D eigenvalue weighted by atomic mass is 16.5. The topological polar surface area (TPSA) is 57.4 Å². The minimum absolute atomic E-state index is 0.194. The van der Waals surface area contributed by atoms with Crippen molar-refractivity contribution in [2.24, 2.45) is 5.73 Å². The number of aromatic nitrogens is 1. The second kappa shape index (κ2) is 4.79. The average molecular weight is 182 g/mol. The third-order valence-corrected chi connectivity index (χ3v) is 1.68. The highest BCUT2D eigenvalue weighted by molar-refractivity contribution is 5.17. The summed E-state index contributed by atoms with van der Waals surface area (Å²) in [5.74, 6) is 0.573. The van der Waals surface area contributed by atoms with Crippen molar-refractivity contribution < 1.29 is 9.47 Å². The van der Waals surface area contributed by atoms with Crippen LogP contribution in [0.15, 0.2) is 18.2 Å². The van der Waals surface area contributed by atoms with E-state index < -0.39 is 0 Å². The summed E-state index contributed by atoms with van der Waals surface area (Å²) < 4.78 is 9.90. The smallest absolute Gasteiger partial charge is 0.213 e. The summed E-state index contributed by atoms with van der Waals surface area (Å²) in [6.45, 7) is 0.458. The van der Waals surface area contributed by atoms with Crippen LogP contribution in [0.25, 0.3) is 0 Å². The van der Waals surface area contributed by atoms with E-state index in [1.165, 1.54) is 0 Å². The van der Waals surface area contributed by atoms with E-state index in [0.29, 0.717) is 12.5 Å². The number of nitrogens with two attached hydrogens (primary N) is 1. The van der Waals surface area contributed by atoms with E-state index in [0.717, 1.165) is 5.69 Å². The number of nitrogens with zero attached hydrogens (tertiary/aromatic N) is 1. The molecule has 1 aromatic rings. The van der Waals surface area contributed by atoms with Crippen molar-refractivity contribution in [2.75, 3.05) is 20.8 Å². The molecule has 4 nitrogen and oxygen atoms in total. The second-order valence-electron chi connectivity index (χ2n) is 2.67. The lowest BCUT2D eigenvalue weighted by Gasteiger charge is -2.10. The Hall–Kier alpha value is -1.13. The van der Waals surface area contributed by atoms with Gasteiger partial charge in [0, 0.05) is 13.2 Å². The van der Waals surface area contributed by atoms with E-state index in [2.05, 4.69) is 4.98 Å². The molecule has 0 unspecified atom stereocenters. The predicted molar refractivity (Wildman–Crippen MR) is 49.6 cm³/mol. The summed E-state index contributed by atoms with van der Waals surface area (Å²) in [7, 11) is 3.19. The van der Waals surface area contributed by atoms with Crippen molar-refractivity contribution >= 4 is 0 Å². The molecule has 13 heavy (non-hydrogen) atoms. The van der Waals surface area contributed by atoms with Crippen molar-refractivity contribution in [2.45, 2.75) is 6.04 Å². The molecule has 1 atom stereocenters. The van der Waals surface area contributed by atoms with Gasteiger partial charge in [-0.15, -0.1) is 0 Å². The maximum absolute atomic E-state index is 5.79. The van der Waals surface area contributed by atoms with Crippen molar-refractivity contribution in [1.82, 2.24) is 4.98 Å². The predicted octanol–water partition coefficient (Wildman–Crippen LogP) is 0.736. The largest absolute Gasteiger partial charge is 0.481 e. The Balaban J connectivity index is 2.75. The van der Waals surface area contributed by atoms with Gasteiger partial charge in [-0.25, -0.2) is 4.98 Å². The lowest BCUT2D eigenvalue weighted by atomic mass is 10.2. The SMILES string of the molecule is COC[C@@H](N)c1cccc(OC)n1. The van der Waals surface area contributed by atoms with Crippen LogP contribution in [-0.2, 0) is 4.74 Å². The molecule has 1 rings (SSSR count). The molecule has 0 aromatic carbocycles. The molecule has 0 aliphatic rings. The fraction of sp³-hybridized carbons (Fsp3) is 0.444. The molecule has 4 heteroatoms. The molecule has 1 heterocycles. The minimum Gasteiger partial charge on any atom is -0.481 e. The maximum atomic E-state index is 5.79. The quantitative estimate of drug-likeness (QED) is 0.746. The van der Waals surface area contributed by atoms with Gasteiger partial charge in [-0.1, -0.05) is 6.07 Å². The van der Waals surface area contributed by atoms with Gasteiger partial charge in [0.15, 0.2) is 0 Å². The van der Waals surface area contributed by atoms with Crippen LogP contribution in [0.2, 0.25) is 0 Å². The minimum atomic E-state index is -0.194. The Labute approximate surface area is 77.7 Å². The Kier molecular flexibility index (Phi) is 3.67. The Bertz CT molecular complexity index is 266. The molecular weight excluding hydrogens is 168 g/mol. The molecule has 0 radical (unpaired) electrons. The third kappa shape index (κ3) is 2.68. The summed E-state index contributed by atoms with van der Waals surface area (Å²) in [5.41, 5.74) is 6.56. The van der Waals surface area contributed by atoms with E-state index in [1.54, 1.807) is 20.3 Å². The molecule has 2 N–H and O–H groups in total. The van der Waals surface area contributed by atoms with E-state index in [9.17, 15) is 0 Å². The molecule has 0 aliphatic carbocycles. The standard InChI is InChI=1S/C9H14N2O2/c1-12-6-7(10)8-4-3-5-9(11-8)13-2/h3-5,7H,6,10H2,1-2H3/t7-/m1/s1. The number of methoxy groups -OCH3 is 2. The van der Waals surface area contributed by atoms with Crippen LogP contribution >= 0.6 is 0 Å². The van der Waals surface area contributed by atoms with Gasteiger partial charge < -0.3 is 15.2 Å². The summed E-state index contributed by atoms with van der Waals surface area (Å²) >= 11 is 0. The summed E-state index contributed by atoms with van der Waals surface area (Å²) in [6, 6.07) is 5.30. The molecule has 72 valence electrons. The van der Waals surface area contributed by atoms with Crippen molar-refractivity contribution in [3.05, 3.63) is 23.9 Å². The van der Waals surface area contributed by atoms with Gasteiger partial charge in [0.1, 0.15) is 0 Å². The molecular formula is C9H14N2O2. The molecule has 0 aliphatic heterocycles. The first-order valence-electron chi connectivity index (χ1n) is 4.03. The number of hydrogen-bond donors (Lipinski definition) is 1. The average Bonchev–Trinajstić information content (AvgIpc) is 2.18. The Morgan fingerprint density at radius 1 is 1.46 bits per heavy atom. The van der Waals surface area contributed by atoms with E-state index in [4.69, 9.17) is 15.2 Å². The van der Waals surface area contributed by atoms with Crippen LogP contribution in [0.5, 0.6) is 5.88 Å². The Morgan fingerprint density at radius 3 is 2.85 bits per heavy atom. The van der Waals surface area contributed by atoms with Gasteiger partial charge in [0.25, 0.3) is 0 Å². The lowest BCUT2D eigenvalue weighted by Crippen LogP contribution is -2.17. The van der Waals surface area contributed by atoms with Crippen molar-refractivity contribution in [3.63, 3.8) is 0 Å². The second-order valence-corrected chi connectivity index (χ2v) is 2.67. The van der Waals surface area contributed by atoms with Gasteiger partial charge in [0.05, 0.1) is 25.5 Å². The van der Waals surface area contributed by atoms with Gasteiger partial charge in [0.2, 0.25) is 5.88 Å². The molecule has 0 spiro atoms. The Morgan fingerprint density at radius 2 is 2.23 bits per heavy atom. The number of pyridine rings is 1. The van der Waals surface area contributed by atoms with Crippen molar-refractivity contribution in [3.8, 4) is 5.88 Å². The van der Waals surface area contributed by atoms with Gasteiger partial charge >= 0.3 is 0 Å². The van der Waals surface area contributed by atoms with E-state index >= 15 is 0 Å². The zero-order valence-electron chi connectivity index (χ0n) is 7.86. The normalized spacial score (nSPS) is 12.5. The maximum Gasteiger partial charge on any atom is 0.213 e. The molecule has 0 saturated carbocycles. The van der Waals surface area contributed by atoms with Crippen LogP contribution in [0.4, 0.5) is 0 Å². The molecule has 1 aromatic heterocycles. The van der Waals surface area contributed by atoms with E-state index in [-0.39, 0.29) is 6.04 Å². The van der Waals surface area contributed by atoms with Gasteiger partial charge in [-0.3, -0.25) is 0 Å². The fourth-order valence-electron chi connectivity index (χ4n) is 1.02. The zero-order valence-corrected chi connectivity index (χ0v) is 7.86. The highest BCUT2D eigenvalue weighted by Crippen LogP contribution is 2.12. The van der Waals surface area contributed by atoms with E-state index in [1.807, 2.05) is 12.1 Å². The molecule has 0 fully saturated rings. The molecule has 0 bridgehead atoms. The van der Waals surface area contributed by atoms with Crippen LogP contribution in [0.3, 0.4) is 0 Å². The first kappa shape index (κ1) is 9.95. The number of rotatable bonds is 4. The third-order valence-electron chi connectivity index (χ3n) is 1.68. The van der Waals surface area contributed by atoms with Crippen molar-refractivity contribution in [1.29, 1.82) is 0 Å². The summed E-state index contributed by atoms with van der Waals surface area (Å²) in [6.07, 6.45) is 0. The molecule has 0 amide bonds.